The first-order valence-electron chi connectivity index (χ1n) is 10.4. The number of carbonyl (C=O) groups excluding carboxylic acids is 1. The van der Waals surface area contributed by atoms with Crippen LogP contribution in [0.4, 0.5) is 11.4 Å². The van der Waals surface area contributed by atoms with Crippen LogP contribution in [0.25, 0.3) is 0 Å². The molecule has 0 aromatic heterocycles. The fraction of sp³-hybridized carbons (Fsp3) is 0.391. The van der Waals surface area contributed by atoms with Gasteiger partial charge in [-0.1, -0.05) is 18.2 Å². The van der Waals surface area contributed by atoms with Crippen LogP contribution in [-0.4, -0.2) is 56.6 Å². The molecule has 30 heavy (non-hydrogen) atoms. The topological polar surface area (TPSA) is 69.2 Å². The van der Waals surface area contributed by atoms with Gasteiger partial charge in [0, 0.05) is 57.1 Å². The molecule has 7 nitrogen and oxygen atoms in total. The molecule has 2 N–H and O–H groups in total. The van der Waals surface area contributed by atoms with Crippen LogP contribution < -0.4 is 20.3 Å². The number of methoxy groups -OCH3 is 1. The third-order valence-electron chi connectivity index (χ3n) is 4.99. The molecule has 0 saturated carbocycles. The normalized spacial score (nSPS) is 14.4. The third-order valence-corrected chi connectivity index (χ3v) is 4.99. The smallest absolute Gasteiger partial charge is 0.221 e. The van der Waals surface area contributed by atoms with Crippen LogP contribution >= 0.6 is 0 Å². The second-order valence-corrected chi connectivity index (χ2v) is 7.23. The Morgan fingerprint density at radius 3 is 2.57 bits per heavy atom. The van der Waals surface area contributed by atoms with Crippen molar-refractivity contribution >= 4 is 23.2 Å². The molecule has 0 unspecified atom stereocenters. The molecule has 160 valence electrons. The number of nitrogens with zero attached hydrogens (tertiary/aromatic N) is 3. The zero-order chi connectivity index (χ0) is 21.3. The molecular formula is C23H31N5O2. The summed E-state index contributed by atoms with van der Waals surface area (Å²) in [5, 5.41) is 6.23. The highest BCUT2D eigenvalue weighted by atomic mass is 16.5. The summed E-state index contributed by atoms with van der Waals surface area (Å²) in [6, 6.07) is 16.0. The first-order chi connectivity index (χ1) is 14.6. The summed E-state index contributed by atoms with van der Waals surface area (Å²) in [5.74, 6) is 1.73. The monoisotopic (exact) mass is 409 g/mol. The van der Waals surface area contributed by atoms with Crippen molar-refractivity contribution in [1.29, 1.82) is 0 Å². The van der Waals surface area contributed by atoms with E-state index in [-0.39, 0.29) is 5.91 Å². The molecule has 0 spiro atoms. The van der Waals surface area contributed by atoms with Crippen LogP contribution in [-0.2, 0) is 11.3 Å². The minimum absolute atomic E-state index is 0.0714. The van der Waals surface area contributed by atoms with Crippen LogP contribution in [0, 0.1) is 0 Å². The number of nitrogens with one attached hydrogen (secondary N) is 2. The van der Waals surface area contributed by atoms with Gasteiger partial charge in [0.2, 0.25) is 5.91 Å². The van der Waals surface area contributed by atoms with E-state index in [1.807, 2.05) is 36.4 Å². The van der Waals surface area contributed by atoms with E-state index >= 15 is 0 Å². The maximum Gasteiger partial charge on any atom is 0.221 e. The summed E-state index contributed by atoms with van der Waals surface area (Å²) in [4.78, 5) is 20.8. The van der Waals surface area contributed by atoms with Crippen molar-refractivity contribution in [2.75, 3.05) is 50.1 Å². The van der Waals surface area contributed by atoms with E-state index in [2.05, 4.69) is 39.5 Å². The summed E-state index contributed by atoms with van der Waals surface area (Å²) >= 11 is 0. The second kappa shape index (κ2) is 10.5. The van der Waals surface area contributed by atoms with Gasteiger partial charge in [0.1, 0.15) is 5.75 Å². The third kappa shape index (κ3) is 5.89. The molecule has 1 saturated heterocycles. The summed E-state index contributed by atoms with van der Waals surface area (Å²) in [5.41, 5.74) is 3.05. The maximum atomic E-state index is 11.3. The zero-order valence-electron chi connectivity index (χ0n) is 18.0. The Bertz CT molecular complexity index is 875. The predicted molar refractivity (Wildman–Crippen MR) is 122 cm³/mol. The Morgan fingerprint density at radius 1 is 1.10 bits per heavy atom. The molecule has 2 aromatic carbocycles. The van der Waals surface area contributed by atoms with Gasteiger partial charge in [-0.2, -0.15) is 0 Å². The number of piperazine rings is 1. The van der Waals surface area contributed by atoms with Gasteiger partial charge in [0.05, 0.1) is 13.7 Å². The van der Waals surface area contributed by atoms with E-state index in [0.29, 0.717) is 6.54 Å². The number of benzene rings is 2. The highest BCUT2D eigenvalue weighted by molar-refractivity contribution is 5.88. The van der Waals surface area contributed by atoms with E-state index in [1.165, 1.54) is 12.6 Å². The van der Waals surface area contributed by atoms with Crippen molar-refractivity contribution in [3.05, 3.63) is 54.1 Å². The molecule has 1 aliphatic heterocycles. The van der Waals surface area contributed by atoms with Gasteiger partial charge in [-0.05, 0) is 36.8 Å². The Morgan fingerprint density at radius 2 is 1.87 bits per heavy atom. The maximum absolute atomic E-state index is 11.3. The lowest BCUT2D eigenvalue weighted by Crippen LogP contribution is -2.52. The number of hydrogen-bond donors (Lipinski definition) is 2. The standard InChI is InChI=1S/C23H31N5O2/c1-4-24-23(25-17-19-7-5-8-20(15-19)26-18(2)29)28-13-11-27(12-14-28)21-9-6-10-22(16-21)30-3/h5-10,15-16H,4,11-14,17H2,1-3H3,(H,24,25)(H,26,29). The lowest BCUT2D eigenvalue weighted by molar-refractivity contribution is -0.114. The van der Waals surface area contributed by atoms with Crippen LogP contribution in [0.5, 0.6) is 5.75 Å². The summed E-state index contributed by atoms with van der Waals surface area (Å²) in [7, 11) is 1.70. The molecule has 0 atom stereocenters. The predicted octanol–water partition coefficient (Wildman–Crippen LogP) is 2.94. The van der Waals surface area contributed by atoms with Gasteiger partial charge >= 0.3 is 0 Å². The molecular weight excluding hydrogens is 378 g/mol. The molecule has 1 fully saturated rings. The number of hydrogen-bond acceptors (Lipinski definition) is 4. The summed E-state index contributed by atoms with van der Waals surface area (Å²) in [6.07, 6.45) is 0. The molecule has 1 heterocycles. The molecule has 2 aromatic rings. The van der Waals surface area contributed by atoms with E-state index in [4.69, 9.17) is 9.73 Å². The van der Waals surface area contributed by atoms with Gasteiger partial charge in [0.25, 0.3) is 0 Å². The summed E-state index contributed by atoms with van der Waals surface area (Å²) < 4.78 is 5.35. The Labute approximate surface area is 178 Å². The van der Waals surface area contributed by atoms with E-state index < -0.39 is 0 Å². The van der Waals surface area contributed by atoms with Gasteiger partial charge < -0.3 is 25.2 Å². The number of guanidine groups is 1. The zero-order valence-corrected chi connectivity index (χ0v) is 18.0. The number of aliphatic imine (C=N–C) groups is 1. The molecule has 7 heteroatoms. The van der Waals surface area contributed by atoms with Gasteiger partial charge in [0.15, 0.2) is 5.96 Å². The highest BCUT2D eigenvalue weighted by Gasteiger charge is 2.20. The Balaban J connectivity index is 1.63. The highest BCUT2D eigenvalue weighted by Crippen LogP contribution is 2.22. The van der Waals surface area contributed by atoms with Gasteiger partial charge in [-0.25, -0.2) is 4.99 Å². The lowest BCUT2D eigenvalue weighted by Gasteiger charge is -2.37. The van der Waals surface area contributed by atoms with Crippen LogP contribution in [0.15, 0.2) is 53.5 Å². The molecule has 1 amide bonds. The number of carbonyl (C=O) groups is 1. The Hall–Kier alpha value is -3.22. The number of amides is 1. The van der Waals surface area contributed by atoms with Crippen LogP contribution in [0.2, 0.25) is 0 Å². The number of ether oxygens (including phenoxy) is 1. The van der Waals surface area contributed by atoms with Crippen molar-refractivity contribution in [2.24, 2.45) is 4.99 Å². The van der Waals surface area contributed by atoms with Crippen molar-refractivity contribution in [3.63, 3.8) is 0 Å². The van der Waals surface area contributed by atoms with Crippen molar-refractivity contribution in [3.8, 4) is 5.75 Å². The van der Waals surface area contributed by atoms with Crippen molar-refractivity contribution in [1.82, 2.24) is 10.2 Å². The van der Waals surface area contributed by atoms with Crippen LogP contribution in [0.3, 0.4) is 0 Å². The second-order valence-electron chi connectivity index (χ2n) is 7.23. The van der Waals surface area contributed by atoms with Gasteiger partial charge in [-0.3, -0.25) is 4.79 Å². The molecule has 3 rings (SSSR count). The van der Waals surface area contributed by atoms with Gasteiger partial charge in [-0.15, -0.1) is 0 Å². The SMILES string of the molecule is CCNC(=NCc1cccc(NC(C)=O)c1)N1CCN(c2cccc(OC)c2)CC1. The molecule has 0 radical (unpaired) electrons. The van der Waals surface area contributed by atoms with E-state index in [1.54, 1.807) is 7.11 Å². The molecule has 1 aliphatic rings. The first kappa shape index (κ1) is 21.5. The fourth-order valence-electron chi connectivity index (χ4n) is 3.53. The quantitative estimate of drug-likeness (QED) is 0.567. The van der Waals surface area contributed by atoms with Crippen LogP contribution in [0.1, 0.15) is 19.4 Å². The van der Waals surface area contributed by atoms with Crippen molar-refractivity contribution < 1.29 is 9.53 Å². The Kier molecular flexibility index (Phi) is 7.54. The minimum atomic E-state index is -0.0714. The summed E-state index contributed by atoms with van der Waals surface area (Å²) in [6.45, 7) is 8.63. The van der Waals surface area contributed by atoms with E-state index in [0.717, 1.165) is 55.7 Å². The lowest BCUT2D eigenvalue weighted by atomic mass is 10.2. The fourth-order valence-corrected chi connectivity index (χ4v) is 3.53. The largest absolute Gasteiger partial charge is 0.497 e. The minimum Gasteiger partial charge on any atom is -0.497 e. The number of rotatable bonds is 6. The van der Waals surface area contributed by atoms with E-state index in [9.17, 15) is 4.79 Å². The average Bonchev–Trinajstić information content (AvgIpc) is 2.76. The first-order valence-corrected chi connectivity index (χ1v) is 10.4. The molecule has 0 aliphatic carbocycles. The number of anilines is 2. The molecule has 0 bridgehead atoms. The van der Waals surface area contributed by atoms with Crippen molar-refractivity contribution in [2.45, 2.75) is 20.4 Å². The average molecular weight is 410 g/mol.